The average molecular weight is 499 g/mol. The second-order valence-electron chi connectivity index (χ2n) is 5.33. The second-order valence-corrected chi connectivity index (χ2v) is 8.32. The highest BCUT2D eigenvalue weighted by Crippen LogP contribution is 2.30. The minimum Gasteiger partial charge on any atom is -0.497 e. The smallest absolute Gasteiger partial charge is 0.293 e. The number of aromatic nitrogens is 2. The van der Waals surface area contributed by atoms with E-state index in [0.717, 1.165) is 11.3 Å². The van der Waals surface area contributed by atoms with Crippen LogP contribution in [0.1, 0.15) is 10.6 Å². The lowest BCUT2D eigenvalue weighted by Gasteiger charge is -2.11. The summed E-state index contributed by atoms with van der Waals surface area (Å²) in [6.45, 7) is 0. The molecule has 0 saturated carbocycles. The number of carbonyl (C=O) groups is 2. The summed E-state index contributed by atoms with van der Waals surface area (Å²) in [7, 11) is 3.06. The second kappa shape index (κ2) is 9.76. The molecule has 3 rings (SSSR count). The highest BCUT2D eigenvalue weighted by atomic mass is 79.9. The molecular weight excluding hydrogens is 484 g/mol. The maximum Gasteiger partial charge on any atom is 0.293 e. The van der Waals surface area contributed by atoms with E-state index in [1.807, 2.05) is 0 Å². The van der Waals surface area contributed by atoms with Gasteiger partial charge < -0.3 is 19.2 Å². The number of hydrogen-bond acceptors (Lipinski definition) is 9. The molecule has 9 nitrogen and oxygen atoms in total. The number of rotatable bonds is 8. The van der Waals surface area contributed by atoms with Crippen molar-refractivity contribution in [2.45, 2.75) is 4.34 Å². The molecule has 0 aliphatic heterocycles. The fraction of sp³-hybridized carbons (Fsp3) is 0.176. The molecule has 0 bridgehead atoms. The fourth-order valence-electron chi connectivity index (χ4n) is 2.14. The predicted molar refractivity (Wildman–Crippen MR) is 113 cm³/mol. The highest BCUT2D eigenvalue weighted by Gasteiger charge is 2.15. The number of furan rings is 1. The van der Waals surface area contributed by atoms with Gasteiger partial charge in [0.1, 0.15) is 11.5 Å². The Morgan fingerprint density at radius 3 is 2.69 bits per heavy atom. The van der Waals surface area contributed by atoms with Gasteiger partial charge in [0, 0.05) is 6.07 Å². The van der Waals surface area contributed by atoms with Gasteiger partial charge in [-0.15, -0.1) is 10.2 Å². The van der Waals surface area contributed by atoms with Crippen molar-refractivity contribution in [1.29, 1.82) is 0 Å². The van der Waals surface area contributed by atoms with E-state index in [2.05, 4.69) is 36.8 Å². The molecule has 0 spiro atoms. The number of methoxy groups -OCH3 is 2. The summed E-state index contributed by atoms with van der Waals surface area (Å²) in [6, 6.07) is 8.27. The number of halogens is 1. The Morgan fingerprint density at radius 1 is 1.17 bits per heavy atom. The lowest BCUT2D eigenvalue weighted by molar-refractivity contribution is -0.113. The van der Waals surface area contributed by atoms with Gasteiger partial charge in [0.05, 0.1) is 25.7 Å². The first kappa shape index (κ1) is 21.1. The van der Waals surface area contributed by atoms with Crippen LogP contribution in [0, 0.1) is 0 Å². The van der Waals surface area contributed by atoms with Crippen molar-refractivity contribution in [2.24, 2.45) is 0 Å². The normalized spacial score (nSPS) is 10.4. The van der Waals surface area contributed by atoms with Crippen LogP contribution >= 0.6 is 39.0 Å². The Bertz CT molecular complexity index is 1020. The summed E-state index contributed by atoms with van der Waals surface area (Å²) in [5, 5.41) is 13.5. The van der Waals surface area contributed by atoms with Gasteiger partial charge in [-0.25, -0.2) is 0 Å². The maximum atomic E-state index is 12.3. The zero-order valence-corrected chi connectivity index (χ0v) is 18.4. The van der Waals surface area contributed by atoms with Crippen molar-refractivity contribution < 1.29 is 23.5 Å². The first-order valence-corrected chi connectivity index (χ1v) is 10.6. The molecule has 2 amide bonds. The van der Waals surface area contributed by atoms with Crippen molar-refractivity contribution in [1.82, 2.24) is 10.2 Å². The molecule has 12 heteroatoms. The maximum absolute atomic E-state index is 12.3. The van der Waals surface area contributed by atoms with Gasteiger partial charge >= 0.3 is 0 Å². The van der Waals surface area contributed by atoms with Gasteiger partial charge in [0.25, 0.3) is 5.91 Å². The molecule has 29 heavy (non-hydrogen) atoms. The van der Waals surface area contributed by atoms with Crippen LogP contribution in [0.2, 0.25) is 0 Å². The minimum atomic E-state index is -0.439. The minimum absolute atomic E-state index is 0.105. The Kier molecular flexibility index (Phi) is 7.12. The van der Waals surface area contributed by atoms with E-state index in [-0.39, 0.29) is 17.4 Å². The van der Waals surface area contributed by atoms with Crippen LogP contribution in [-0.2, 0) is 4.79 Å². The first-order chi connectivity index (χ1) is 14.0. The molecule has 0 aliphatic carbocycles. The summed E-state index contributed by atoms with van der Waals surface area (Å²) in [4.78, 5) is 24.3. The van der Waals surface area contributed by atoms with E-state index in [1.54, 1.807) is 31.4 Å². The first-order valence-electron chi connectivity index (χ1n) is 8.03. The molecule has 0 radical (unpaired) electrons. The van der Waals surface area contributed by atoms with Gasteiger partial charge in [0.15, 0.2) is 14.8 Å². The molecule has 2 aromatic heterocycles. The van der Waals surface area contributed by atoms with Crippen molar-refractivity contribution in [3.05, 3.63) is 40.8 Å². The number of ether oxygens (including phenoxy) is 2. The van der Waals surface area contributed by atoms with Crippen LogP contribution in [0.4, 0.5) is 10.8 Å². The average Bonchev–Trinajstić information content (AvgIpc) is 3.35. The predicted octanol–water partition coefficient (Wildman–Crippen LogP) is 3.89. The van der Waals surface area contributed by atoms with Crippen molar-refractivity contribution in [2.75, 3.05) is 30.6 Å². The standard InChI is InChI=1S/C17H15BrN4O5S2/c1-25-9-3-4-11(26-2)10(7-9)19-14(23)8-28-17-22-21-16(29-17)20-15(24)12-5-6-13(18)27-12/h3-7H,8H2,1-2H3,(H,19,23)(H,20,21,24). The van der Waals surface area contributed by atoms with E-state index in [9.17, 15) is 9.59 Å². The summed E-state index contributed by atoms with van der Waals surface area (Å²) in [6.07, 6.45) is 0. The summed E-state index contributed by atoms with van der Waals surface area (Å²) in [5.41, 5.74) is 0.507. The Balaban J connectivity index is 1.54. The van der Waals surface area contributed by atoms with Gasteiger partial charge in [-0.2, -0.15) is 0 Å². The lowest BCUT2D eigenvalue weighted by atomic mass is 10.2. The summed E-state index contributed by atoms with van der Waals surface area (Å²) < 4.78 is 16.6. The lowest BCUT2D eigenvalue weighted by Crippen LogP contribution is -2.14. The summed E-state index contributed by atoms with van der Waals surface area (Å²) in [5.74, 6) is 0.687. The van der Waals surface area contributed by atoms with Crippen LogP contribution in [0.5, 0.6) is 11.5 Å². The van der Waals surface area contributed by atoms with Gasteiger partial charge in [0.2, 0.25) is 11.0 Å². The topological polar surface area (TPSA) is 116 Å². The number of amides is 2. The molecule has 1 aromatic carbocycles. The van der Waals surface area contributed by atoms with E-state index in [1.165, 1.54) is 24.9 Å². The highest BCUT2D eigenvalue weighted by molar-refractivity contribution is 9.10. The SMILES string of the molecule is COc1ccc(OC)c(NC(=O)CSc2nnc(NC(=O)c3ccc(Br)o3)s2)c1. The van der Waals surface area contributed by atoms with Crippen LogP contribution < -0.4 is 20.1 Å². The molecule has 0 saturated heterocycles. The number of carbonyl (C=O) groups excluding carboxylic acids is 2. The van der Waals surface area contributed by atoms with Gasteiger partial charge in [-0.05, 0) is 40.2 Å². The van der Waals surface area contributed by atoms with Gasteiger partial charge in [-0.3, -0.25) is 14.9 Å². The van der Waals surface area contributed by atoms with Crippen molar-refractivity contribution >= 4 is 61.7 Å². The molecule has 0 fully saturated rings. The van der Waals surface area contributed by atoms with Crippen LogP contribution in [0.15, 0.2) is 43.8 Å². The largest absolute Gasteiger partial charge is 0.497 e. The van der Waals surface area contributed by atoms with Crippen LogP contribution in [0.25, 0.3) is 0 Å². The van der Waals surface area contributed by atoms with Crippen LogP contribution in [0.3, 0.4) is 0 Å². The molecule has 152 valence electrons. The van der Waals surface area contributed by atoms with Gasteiger partial charge in [-0.1, -0.05) is 23.1 Å². The number of hydrogen-bond donors (Lipinski definition) is 2. The Hall–Kier alpha value is -2.57. The molecule has 0 unspecified atom stereocenters. The third kappa shape index (κ3) is 5.71. The number of benzene rings is 1. The zero-order valence-electron chi connectivity index (χ0n) is 15.2. The number of nitrogens with zero attached hydrogens (tertiary/aromatic N) is 2. The monoisotopic (exact) mass is 498 g/mol. The fourth-order valence-corrected chi connectivity index (χ4v) is 3.99. The van der Waals surface area contributed by atoms with E-state index in [0.29, 0.717) is 31.3 Å². The van der Waals surface area contributed by atoms with Crippen molar-refractivity contribution in [3.8, 4) is 11.5 Å². The number of anilines is 2. The molecule has 0 aliphatic rings. The molecule has 2 N–H and O–H groups in total. The molecule has 3 aromatic rings. The molecular formula is C17H15BrN4O5S2. The number of nitrogens with one attached hydrogen (secondary N) is 2. The van der Waals surface area contributed by atoms with E-state index < -0.39 is 5.91 Å². The van der Waals surface area contributed by atoms with E-state index in [4.69, 9.17) is 13.9 Å². The van der Waals surface area contributed by atoms with E-state index >= 15 is 0 Å². The summed E-state index contributed by atoms with van der Waals surface area (Å²) >= 11 is 5.49. The zero-order chi connectivity index (χ0) is 20.8. The molecule has 2 heterocycles. The quantitative estimate of drug-likeness (QED) is 0.354. The third-order valence-corrected chi connectivity index (χ3v) is 5.83. The van der Waals surface area contributed by atoms with Crippen molar-refractivity contribution in [3.63, 3.8) is 0 Å². The van der Waals surface area contributed by atoms with Crippen LogP contribution in [-0.4, -0.2) is 42.0 Å². The Labute approximate surface area is 182 Å². The Morgan fingerprint density at radius 2 is 2.00 bits per heavy atom. The third-order valence-electron chi connectivity index (χ3n) is 3.43. The molecule has 0 atom stereocenters. The number of thioether (sulfide) groups is 1.